The normalized spacial score (nSPS) is 11.3. The van der Waals surface area contributed by atoms with Gasteiger partial charge in [-0.3, -0.25) is 4.98 Å². The van der Waals surface area contributed by atoms with Gasteiger partial charge in [0.15, 0.2) is 9.84 Å². The van der Waals surface area contributed by atoms with Gasteiger partial charge in [-0.1, -0.05) is 6.07 Å². The number of benzene rings is 1. The first-order valence-electron chi connectivity index (χ1n) is 5.62. The molecule has 0 radical (unpaired) electrons. The average molecular weight is 278 g/mol. The van der Waals surface area contributed by atoms with Crippen LogP contribution in [0.25, 0.3) is 0 Å². The highest BCUT2D eigenvalue weighted by Gasteiger charge is 2.08. The molecular formula is C13H14N2O3S. The zero-order valence-corrected chi connectivity index (χ0v) is 11.2. The Hall–Kier alpha value is -1.92. The van der Waals surface area contributed by atoms with E-state index < -0.39 is 9.84 Å². The highest BCUT2D eigenvalue weighted by Crippen LogP contribution is 2.23. The van der Waals surface area contributed by atoms with Crippen LogP contribution in [0, 0.1) is 0 Å². The van der Waals surface area contributed by atoms with Crippen LogP contribution in [0.15, 0.2) is 47.5 Å². The number of hydrogen-bond donors (Lipinski definition) is 1. The van der Waals surface area contributed by atoms with Crippen molar-refractivity contribution in [1.82, 2.24) is 4.98 Å². The smallest absolute Gasteiger partial charge is 0.175 e. The Morgan fingerprint density at radius 1 is 1.21 bits per heavy atom. The van der Waals surface area contributed by atoms with E-state index in [4.69, 9.17) is 10.5 Å². The molecule has 100 valence electrons. The fourth-order valence-corrected chi connectivity index (χ4v) is 2.15. The number of pyridine rings is 1. The molecule has 0 spiro atoms. The predicted octanol–water partition coefficient (Wildman–Crippen LogP) is 1.74. The van der Waals surface area contributed by atoms with Gasteiger partial charge in [-0.2, -0.15) is 0 Å². The van der Waals surface area contributed by atoms with Crippen molar-refractivity contribution >= 4 is 9.84 Å². The molecule has 0 saturated carbocycles. The third-order valence-electron chi connectivity index (χ3n) is 2.48. The van der Waals surface area contributed by atoms with Crippen molar-refractivity contribution in [2.45, 2.75) is 11.4 Å². The maximum absolute atomic E-state index is 11.4. The van der Waals surface area contributed by atoms with E-state index in [9.17, 15) is 8.42 Å². The second-order valence-electron chi connectivity index (χ2n) is 4.04. The predicted molar refractivity (Wildman–Crippen MR) is 71.8 cm³/mol. The van der Waals surface area contributed by atoms with Crippen LogP contribution in [-0.2, 0) is 16.4 Å². The van der Waals surface area contributed by atoms with E-state index >= 15 is 0 Å². The minimum Gasteiger partial charge on any atom is -0.456 e. The van der Waals surface area contributed by atoms with E-state index in [0.29, 0.717) is 18.0 Å². The van der Waals surface area contributed by atoms with Crippen LogP contribution >= 0.6 is 0 Å². The summed E-state index contributed by atoms with van der Waals surface area (Å²) in [5.41, 5.74) is 6.21. The summed E-state index contributed by atoms with van der Waals surface area (Å²) in [4.78, 5) is 4.32. The molecule has 5 nitrogen and oxygen atoms in total. The Morgan fingerprint density at radius 3 is 2.58 bits per heavy atom. The lowest BCUT2D eigenvalue weighted by molar-refractivity contribution is 0.478. The molecule has 0 saturated heterocycles. The van der Waals surface area contributed by atoms with Crippen LogP contribution in [-0.4, -0.2) is 19.7 Å². The summed E-state index contributed by atoms with van der Waals surface area (Å²) in [5, 5.41) is 0. The van der Waals surface area contributed by atoms with E-state index in [1.54, 1.807) is 30.5 Å². The fourth-order valence-electron chi connectivity index (χ4n) is 1.50. The summed E-state index contributed by atoms with van der Waals surface area (Å²) in [6.07, 6.45) is 2.71. The largest absolute Gasteiger partial charge is 0.456 e. The van der Waals surface area contributed by atoms with Gasteiger partial charge in [-0.15, -0.1) is 0 Å². The third kappa shape index (κ3) is 3.52. The third-order valence-corrected chi connectivity index (χ3v) is 3.59. The molecule has 1 heterocycles. The number of aromatic nitrogens is 1. The quantitative estimate of drug-likeness (QED) is 0.921. The van der Waals surface area contributed by atoms with Gasteiger partial charge >= 0.3 is 0 Å². The molecule has 0 fully saturated rings. The van der Waals surface area contributed by atoms with Crippen LogP contribution in [0.2, 0.25) is 0 Å². The molecule has 0 amide bonds. The van der Waals surface area contributed by atoms with E-state index in [1.165, 1.54) is 12.1 Å². The fraction of sp³-hybridized carbons (Fsp3) is 0.154. The molecule has 6 heteroatoms. The molecular weight excluding hydrogens is 264 g/mol. The molecule has 2 aromatic rings. The molecule has 0 aliphatic rings. The summed E-state index contributed by atoms with van der Waals surface area (Å²) >= 11 is 0. The highest BCUT2D eigenvalue weighted by molar-refractivity contribution is 7.90. The SMILES string of the molecule is CS(=O)(=O)c1cccc(Oc2ccc(CN)nc2)c1. The van der Waals surface area contributed by atoms with Crippen molar-refractivity contribution in [2.24, 2.45) is 5.73 Å². The standard InChI is InChI=1S/C13H14N2O3S/c1-19(16,17)13-4-2-3-11(7-13)18-12-6-5-10(8-14)15-9-12/h2-7,9H,8,14H2,1H3. The Kier molecular flexibility index (Phi) is 3.82. The number of hydrogen-bond acceptors (Lipinski definition) is 5. The molecule has 0 bridgehead atoms. The first-order chi connectivity index (χ1) is 8.99. The average Bonchev–Trinajstić information content (AvgIpc) is 2.39. The Bertz CT molecular complexity index is 667. The van der Waals surface area contributed by atoms with Crippen molar-refractivity contribution in [1.29, 1.82) is 0 Å². The molecule has 2 N–H and O–H groups in total. The van der Waals surface area contributed by atoms with Crippen molar-refractivity contribution in [2.75, 3.05) is 6.26 Å². The molecule has 0 unspecified atom stereocenters. The van der Waals surface area contributed by atoms with E-state index in [2.05, 4.69) is 4.98 Å². The van der Waals surface area contributed by atoms with Gasteiger partial charge in [0.1, 0.15) is 11.5 Å². The monoisotopic (exact) mass is 278 g/mol. The zero-order valence-electron chi connectivity index (χ0n) is 10.4. The number of nitrogens with zero attached hydrogens (tertiary/aromatic N) is 1. The molecule has 19 heavy (non-hydrogen) atoms. The Morgan fingerprint density at radius 2 is 2.00 bits per heavy atom. The number of nitrogens with two attached hydrogens (primary N) is 1. The van der Waals surface area contributed by atoms with Gasteiger partial charge in [-0.05, 0) is 30.3 Å². The molecule has 1 aromatic heterocycles. The van der Waals surface area contributed by atoms with Gasteiger partial charge in [0, 0.05) is 12.8 Å². The van der Waals surface area contributed by atoms with Crippen LogP contribution in [0.1, 0.15) is 5.69 Å². The van der Waals surface area contributed by atoms with Gasteiger partial charge in [-0.25, -0.2) is 8.42 Å². The number of sulfone groups is 1. The van der Waals surface area contributed by atoms with Crippen molar-refractivity contribution in [3.8, 4) is 11.5 Å². The summed E-state index contributed by atoms with van der Waals surface area (Å²) < 4.78 is 28.4. The maximum Gasteiger partial charge on any atom is 0.175 e. The molecule has 0 aliphatic heterocycles. The van der Waals surface area contributed by atoms with Gasteiger partial charge in [0.25, 0.3) is 0 Å². The van der Waals surface area contributed by atoms with E-state index in [1.807, 2.05) is 0 Å². The van der Waals surface area contributed by atoms with Gasteiger partial charge < -0.3 is 10.5 Å². The van der Waals surface area contributed by atoms with Gasteiger partial charge in [0.05, 0.1) is 16.8 Å². The topological polar surface area (TPSA) is 82.3 Å². The Labute approximate surface area is 112 Å². The molecule has 1 aromatic carbocycles. The van der Waals surface area contributed by atoms with Gasteiger partial charge in [0.2, 0.25) is 0 Å². The van der Waals surface area contributed by atoms with Crippen LogP contribution < -0.4 is 10.5 Å². The summed E-state index contributed by atoms with van der Waals surface area (Å²) in [6.45, 7) is 0.365. The summed E-state index contributed by atoms with van der Waals surface area (Å²) in [7, 11) is -3.24. The lowest BCUT2D eigenvalue weighted by Crippen LogP contribution is -1.99. The van der Waals surface area contributed by atoms with Crippen molar-refractivity contribution in [3.05, 3.63) is 48.3 Å². The van der Waals surface area contributed by atoms with E-state index in [0.717, 1.165) is 11.9 Å². The summed E-state index contributed by atoms with van der Waals surface area (Å²) in [5.74, 6) is 0.980. The zero-order chi connectivity index (χ0) is 13.9. The first-order valence-corrected chi connectivity index (χ1v) is 7.51. The number of ether oxygens (including phenoxy) is 1. The second-order valence-corrected chi connectivity index (χ2v) is 6.05. The highest BCUT2D eigenvalue weighted by atomic mass is 32.2. The second kappa shape index (κ2) is 5.38. The summed E-state index contributed by atoms with van der Waals surface area (Å²) in [6, 6.07) is 9.82. The minimum absolute atomic E-state index is 0.219. The van der Waals surface area contributed by atoms with Crippen molar-refractivity contribution in [3.63, 3.8) is 0 Å². The van der Waals surface area contributed by atoms with Crippen LogP contribution in [0.5, 0.6) is 11.5 Å². The lowest BCUT2D eigenvalue weighted by Gasteiger charge is -2.07. The Balaban J connectivity index is 2.23. The van der Waals surface area contributed by atoms with Crippen molar-refractivity contribution < 1.29 is 13.2 Å². The molecule has 2 rings (SSSR count). The lowest BCUT2D eigenvalue weighted by atomic mass is 10.3. The minimum atomic E-state index is -3.24. The van der Waals surface area contributed by atoms with Crippen LogP contribution in [0.4, 0.5) is 0 Å². The van der Waals surface area contributed by atoms with E-state index in [-0.39, 0.29) is 4.90 Å². The molecule has 0 aliphatic carbocycles. The number of rotatable bonds is 4. The maximum atomic E-state index is 11.4. The van der Waals surface area contributed by atoms with Crippen LogP contribution in [0.3, 0.4) is 0 Å². The molecule has 0 atom stereocenters. The first kappa shape index (κ1) is 13.5.